The van der Waals surface area contributed by atoms with Crippen LogP contribution >= 0.6 is 0 Å². The quantitative estimate of drug-likeness (QED) is 0.227. The molecule has 0 spiro atoms. The van der Waals surface area contributed by atoms with Crippen LogP contribution in [-0.2, 0) is 11.3 Å². The van der Waals surface area contributed by atoms with Crippen molar-refractivity contribution in [1.82, 2.24) is 24.2 Å². The molecular weight excluding hydrogens is 530 g/mol. The number of imidazole rings is 1. The molecule has 0 amide bonds. The molecule has 0 unspecified atom stereocenters. The highest BCUT2D eigenvalue weighted by Gasteiger charge is 2.15. The van der Waals surface area contributed by atoms with E-state index in [0.29, 0.717) is 41.3 Å². The van der Waals surface area contributed by atoms with E-state index in [9.17, 15) is 9.59 Å². The molecule has 1 N–H and O–H groups in total. The highest BCUT2D eigenvalue weighted by Crippen LogP contribution is 2.24. The van der Waals surface area contributed by atoms with E-state index in [4.69, 9.17) is 20.2 Å². The van der Waals surface area contributed by atoms with Gasteiger partial charge in [0.15, 0.2) is 0 Å². The third kappa shape index (κ3) is 7.77. The second kappa shape index (κ2) is 15.4. The third-order valence-corrected chi connectivity index (χ3v) is 7.07. The lowest BCUT2D eigenvalue weighted by atomic mass is 10.1. The third-order valence-electron chi connectivity index (χ3n) is 7.07. The van der Waals surface area contributed by atoms with Crippen LogP contribution in [0.15, 0.2) is 65.6 Å². The summed E-state index contributed by atoms with van der Waals surface area (Å²) >= 11 is 0. The van der Waals surface area contributed by atoms with Gasteiger partial charge in [-0.05, 0) is 37.6 Å². The molecule has 0 radical (unpaired) electrons. The largest absolute Gasteiger partial charge is 0.379 e. The molecule has 5 rings (SSSR count). The van der Waals surface area contributed by atoms with Crippen molar-refractivity contribution < 1.29 is 9.53 Å². The predicted octanol–water partition coefficient (Wildman–Crippen LogP) is 3.75. The Balaban J connectivity index is 0.000000343. The van der Waals surface area contributed by atoms with Gasteiger partial charge in [-0.3, -0.25) is 18.9 Å². The summed E-state index contributed by atoms with van der Waals surface area (Å²) in [6.45, 7) is 6.83. The Morgan fingerprint density at radius 2 is 1.71 bits per heavy atom. The van der Waals surface area contributed by atoms with Gasteiger partial charge in [-0.25, -0.2) is 4.98 Å². The zero-order chi connectivity index (χ0) is 29.7. The van der Waals surface area contributed by atoms with Gasteiger partial charge in [-0.15, -0.1) is 0 Å². The van der Waals surface area contributed by atoms with E-state index in [2.05, 4.69) is 22.4 Å². The highest BCUT2D eigenvalue weighted by atomic mass is 16.5. The van der Waals surface area contributed by atoms with E-state index in [0.717, 1.165) is 69.6 Å². The van der Waals surface area contributed by atoms with Gasteiger partial charge in [-0.1, -0.05) is 36.4 Å². The van der Waals surface area contributed by atoms with Crippen LogP contribution in [0, 0.1) is 22.7 Å². The lowest BCUT2D eigenvalue weighted by Gasteiger charge is -2.26. The number of hydrogen-bond donors (Lipinski definition) is 1. The molecule has 3 heterocycles. The first kappa shape index (κ1) is 30.4. The number of rotatable bonds is 10. The fraction of sp³-hybridized carbons (Fsp3) is 0.344. The van der Waals surface area contributed by atoms with Crippen LogP contribution in [0.3, 0.4) is 0 Å². The standard InChI is InChI=1S/C25H19N5O2.C7H16N2O/c26-12-2-1-3-13-29-23(21-10-6-19(17-31)7-11-21)14-24(32)30-16-22(28-25(29)30)20-8-4-18(15-27)5-9-20;1-8-2-3-9-4-6-10-7-5-9/h4-11,14,16-17H,1-3,13H2;8H,2-7H2,1H3. The van der Waals surface area contributed by atoms with Crippen LogP contribution in [0.2, 0.25) is 0 Å². The smallest absolute Gasteiger partial charge is 0.259 e. The second-order valence-electron chi connectivity index (χ2n) is 9.92. The van der Waals surface area contributed by atoms with Crippen molar-refractivity contribution in [2.75, 3.05) is 46.4 Å². The number of hydrogen-bond acceptors (Lipinski definition) is 8. The van der Waals surface area contributed by atoms with Gasteiger partial charge in [0, 0.05) is 62.5 Å². The number of nitrogens with one attached hydrogen (secondary N) is 1. The highest BCUT2D eigenvalue weighted by molar-refractivity contribution is 5.76. The number of aryl methyl sites for hydroxylation is 1. The lowest BCUT2D eigenvalue weighted by Crippen LogP contribution is -2.39. The van der Waals surface area contributed by atoms with Gasteiger partial charge in [0.1, 0.15) is 6.29 Å². The van der Waals surface area contributed by atoms with Gasteiger partial charge in [0.25, 0.3) is 5.56 Å². The van der Waals surface area contributed by atoms with Crippen LogP contribution < -0.4 is 10.9 Å². The fourth-order valence-corrected chi connectivity index (χ4v) is 4.71. The van der Waals surface area contributed by atoms with Crippen molar-refractivity contribution in [1.29, 1.82) is 10.5 Å². The summed E-state index contributed by atoms with van der Waals surface area (Å²) < 4.78 is 8.71. The maximum absolute atomic E-state index is 12.9. The normalized spacial score (nSPS) is 13.1. The van der Waals surface area contributed by atoms with Crippen molar-refractivity contribution in [2.24, 2.45) is 0 Å². The maximum atomic E-state index is 12.9. The molecule has 42 heavy (non-hydrogen) atoms. The summed E-state index contributed by atoms with van der Waals surface area (Å²) in [6.07, 6.45) is 4.43. The number of carbonyl (C=O) groups is 1. The molecule has 0 aliphatic carbocycles. The van der Waals surface area contributed by atoms with Crippen LogP contribution in [0.1, 0.15) is 35.2 Å². The Hall–Kier alpha value is -4.61. The van der Waals surface area contributed by atoms with Crippen LogP contribution in [-0.4, -0.2) is 71.6 Å². The van der Waals surface area contributed by atoms with E-state index in [-0.39, 0.29) is 5.56 Å². The van der Waals surface area contributed by atoms with Gasteiger partial charge >= 0.3 is 0 Å². The van der Waals surface area contributed by atoms with Crippen molar-refractivity contribution >= 4 is 12.1 Å². The molecule has 216 valence electrons. The van der Waals surface area contributed by atoms with Crippen LogP contribution in [0.25, 0.3) is 28.3 Å². The summed E-state index contributed by atoms with van der Waals surface area (Å²) in [5.41, 5.74) is 3.84. The molecule has 0 atom stereocenters. The average molecular weight is 566 g/mol. The number of unbranched alkanes of at least 4 members (excludes halogenated alkanes) is 2. The Morgan fingerprint density at radius 3 is 2.36 bits per heavy atom. The summed E-state index contributed by atoms with van der Waals surface area (Å²) in [7, 11) is 1.99. The Bertz CT molecular complexity index is 1600. The Labute approximate surface area is 245 Å². The first-order valence-electron chi connectivity index (χ1n) is 14.1. The topological polar surface area (TPSA) is 128 Å². The number of benzene rings is 2. The fourth-order valence-electron chi connectivity index (χ4n) is 4.71. The average Bonchev–Trinajstić information content (AvgIpc) is 3.50. The van der Waals surface area contributed by atoms with Gasteiger partial charge in [0.2, 0.25) is 5.78 Å². The van der Waals surface area contributed by atoms with E-state index < -0.39 is 0 Å². The van der Waals surface area contributed by atoms with Crippen LogP contribution in [0.4, 0.5) is 0 Å². The maximum Gasteiger partial charge on any atom is 0.259 e. The van der Waals surface area contributed by atoms with Crippen molar-refractivity contribution in [2.45, 2.75) is 25.8 Å². The Morgan fingerprint density at radius 1 is 1.00 bits per heavy atom. The number of aldehydes is 1. The molecule has 1 fully saturated rings. The molecule has 2 aromatic heterocycles. The summed E-state index contributed by atoms with van der Waals surface area (Å²) in [5, 5.41) is 21.0. The molecular formula is C32H35N7O3. The Kier molecular flexibility index (Phi) is 11.1. The number of likely N-dealkylation sites (N-methyl/N-ethyl adjacent to an activating group) is 1. The number of morpholine rings is 1. The monoisotopic (exact) mass is 565 g/mol. The number of nitrogens with zero attached hydrogens (tertiary/aromatic N) is 6. The molecule has 1 saturated heterocycles. The number of aromatic nitrogens is 3. The second-order valence-corrected chi connectivity index (χ2v) is 9.92. The van der Waals surface area contributed by atoms with Gasteiger partial charge < -0.3 is 14.6 Å². The number of carbonyl (C=O) groups excluding carboxylic acids is 1. The summed E-state index contributed by atoms with van der Waals surface area (Å²) in [5.74, 6) is 0.503. The molecule has 10 nitrogen and oxygen atoms in total. The molecule has 10 heteroatoms. The zero-order valence-electron chi connectivity index (χ0n) is 23.8. The number of ether oxygens (including phenoxy) is 1. The molecule has 0 saturated carbocycles. The summed E-state index contributed by atoms with van der Waals surface area (Å²) in [4.78, 5) is 31.1. The first-order valence-corrected chi connectivity index (χ1v) is 14.1. The van der Waals surface area contributed by atoms with E-state index in [1.54, 1.807) is 48.7 Å². The SMILES string of the molecule is CNCCN1CCOCC1.N#CCCCCn1c(-c2ccc(C=O)cc2)cc(=O)n2cc(-c3ccc(C#N)cc3)nc12. The number of nitriles is 2. The first-order chi connectivity index (χ1) is 20.6. The molecule has 2 aromatic carbocycles. The minimum atomic E-state index is -0.213. The van der Waals surface area contributed by atoms with Crippen LogP contribution in [0.5, 0.6) is 0 Å². The summed E-state index contributed by atoms with van der Waals surface area (Å²) in [6, 6.07) is 19.9. The van der Waals surface area contributed by atoms with E-state index in [1.165, 1.54) is 4.40 Å². The van der Waals surface area contributed by atoms with Gasteiger partial charge in [-0.2, -0.15) is 10.5 Å². The van der Waals surface area contributed by atoms with Gasteiger partial charge in [0.05, 0.1) is 42.3 Å². The molecule has 0 bridgehead atoms. The van der Waals surface area contributed by atoms with Crippen molar-refractivity contribution in [3.63, 3.8) is 0 Å². The molecule has 4 aromatic rings. The van der Waals surface area contributed by atoms with E-state index >= 15 is 0 Å². The predicted molar refractivity (Wildman–Crippen MR) is 161 cm³/mol. The van der Waals surface area contributed by atoms with Crippen molar-refractivity contribution in [3.05, 3.63) is 82.3 Å². The van der Waals surface area contributed by atoms with E-state index in [1.807, 2.05) is 23.7 Å². The lowest BCUT2D eigenvalue weighted by molar-refractivity contribution is 0.0386. The molecule has 1 aliphatic rings. The zero-order valence-corrected chi connectivity index (χ0v) is 23.8. The number of fused-ring (bicyclic) bond motifs is 1. The minimum absolute atomic E-state index is 0.213. The van der Waals surface area contributed by atoms with Crippen molar-refractivity contribution in [3.8, 4) is 34.7 Å². The molecule has 1 aliphatic heterocycles. The minimum Gasteiger partial charge on any atom is -0.379 e.